The van der Waals surface area contributed by atoms with E-state index in [2.05, 4.69) is 4.90 Å². The van der Waals surface area contributed by atoms with Crippen molar-refractivity contribution in [3.8, 4) is 10.6 Å². The van der Waals surface area contributed by atoms with Gasteiger partial charge >= 0.3 is 0 Å². The van der Waals surface area contributed by atoms with Gasteiger partial charge in [-0.3, -0.25) is 14.9 Å². The van der Waals surface area contributed by atoms with Crippen molar-refractivity contribution in [3.05, 3.63) is 86.2 Å². The SMILES string of the molecule is Cc1ccc(-c2cc(C(=O)N3CCN(c4ccc([N+](=O)[O-])cc4)CC3)c3cc(Cl)ccc3n2)s1. The lowest BCUT2D eigenvalue weighted by Gasteiger charge is -2.36. The van der Waals surface area contributed by atoms with Gasteiger partial charge in [0, 0.05) is 59.3 Å². The van der Waals surface area contributed by atoms with Crippen molar-refractivity contribution in [2.24, 2.45) is 0 Å². The van der Waals surface area contributed by atoms with E-state index in [0.717, 1.165) is 27.2 Å². The Morgan fingerprint density at radius 3 is 2.41 bits per heavy atom. The number of piperazine rings is 1. The van der Waals surface area contributed by atoms with Gasteiger partial charge in [0.05, 0.1) is 26.6 Å². The molecule has 1 aliphatic rings. The first-order chi connectivity index (χ1) is 16.4. The number of fused-ring (bicyclic) bond motifs is 1. The molecule has 1 saturated heterocycles. The smallest absolute Gasteiger partial charge is 0.269 e. The number of thiophene rings is 1. The van der Waals surface area contributed by atoms with E-state index >= 15 is 0 Å². The minimum atomic E-state index is -0.405. The predicted octanol–water partition coefficient (Wildman–Crippen LogP) is 5.80. The summed E-state index contributed by atoms with van der Waals surface area (Å²) in [6.07, 6.45) is 0. The molecule has 9 heteroatoms. The highest BCUT2D eigenvalue weighted by molar-refractivity contribution is 7.15. The van der Waals surface area contributed by atoms with E-state index in [1.807, 2.05) is 36.1 Å². The molecule has 0 unspecified atom stereocenters. The van der Waals surface area contributed by atoms with Crippen LogP contribution in [0.4, 0.5) is 11.4 Å². The summed E-state index contributed by atoms with van der Waals surface area (Å²) in [5.41, 5.74) is 3.09. The Kier molecular flexibility index (Phi) is 5.93. The number of carbonyl (C=O) groups is 1. The summed E-state index contributed by atoms with van der Waals surface area (Å²) in [6, 6.07) is 17.9. The van der Waals surface area contributed by atoms with E-state index in [4.69, 9.17) is 16.6 Å². The van der Waals surface area contributed by atoms with Crippen molar-refractivity contribution < 1.29 is 9.72 Å². The molecular weight excluding hydrogens is 472 g/mol. The van der Waals surface area contributed by atoms with Gasteiger partial charge in [0.2, 0.25) is 0 Å². The van der Waals surface area contributed by atoms with Crippen LogP contribution in [-0.2, 0) is 0 Å². The van der Waals surface area contributed by atoms with Gasteiger partial charge in [0.15, 0.2) is 0 Å². The Balaban J connectivity index is 1.41. The van der Waals surface area contributed by atoms with Crippen molar-refractivity contribution in [1.82, 2.24) is 9.88 Å². The van der Waals surface area contributed by atoms with Gasteiger partial charge in [0.25, 0.3) is 11.6 Å². The number of benzene rings is 2. The van der Waals surface area contributed by atoms with E-state index in [1.54, 1.807) is 35.6 Å². The summed E-state index contributed by atoms with van der Waals surface area (Å²) in [7, 11) is 0. The van der Waals surface area contributed by atoms with Crippen molar-refractivity contribution in [1.29, 1.82) is 0 Å². The van der Waals surface area contributed by atoms with Gasteiger partial charge in [-0.05, 0) is 55.5 Å². The molecule has 0 radical (unpaired) electrons. The van der Waals surface area contributed by atoms with Crippen molar-refractivity contribution >= 4 is 51.1 Å². The van der Waals surface area contributed by atoms with Crippen LogP contribution in [0.25, 0.3) is 21.5 Å². The second-order valence-corrected chi connectivity index (χ2v) is 9.90. The fourth-order valence-corrected chi connectivity index (χ4v) is 5.20. The number of anilines is 1. The molecule has 172 valence electrons. The van der Waals surface area contributed by atoms with Crippen LogP contribution in [-0.4, -0.2) is 46.9 Å². The van der Waals surface area contributed by atoms with Crippen LogP contribution in [0.3, 0.4) is 0 Å². The topological polar surface area (TPSA) is 79.6 Å². The van der Waals surface area contributed by atoms with Crippen LogP contribution in [0.15, 0.2) is 60.7 Å². The molecule has 1 fully saturated rings. The number of aryl methyl sites for hydroxylation is 1. The van der Waals surface area contributed by atoms with Crippen LogP contribution in [0.5, 0.6) is 0 Å². The quantitative estimate of drug-likeness (QED) is 0.266. The van der Waals surface area contributed by atoms with E-state index in [0.29, 0.717) is 36.8 Å². The average molecular weight is 493 g/mol. The molecule has 0 spiro atoms. The number of nitro benzene ring substituents is 1. The van der Waals surface area contributed by atoms with E-state index < -0.39 is 4.92 Å². The zero-order valence-corrected chi connectivity index (χ0v) is 20.0. The number of nitrogens with zero attached hydrogens (tertiary/aromatic N) is 4. The van der Waals surface area contributed by atoms with Gasteiger partial charge in [-0.1, -0.05) is 11.6 Å². The fourth-order valence-electron chi connectivity index (χ4n) is 4.20. The van der Waals surface area contributed by atoms with Crippen LogP contribution >= 0.6 is 22.9 Å². The minimum Gasteiger partial charge on any atom is -0.368 e. The molecule has 0 saturated carbocycles. The number of hydrogen-bond acceptors (Lipinski definition) is 6. The maximum atomic E-state index is 13.6. The van der Waals surface area contributed by atoms with Crippen molar-refractivity contribution in [2.45, 2.75) is 6.92 Å². The van der Waals surface area contributed by atoms with Gasteiger partial charge in [-0.2, -0.15) is 0 Å². The van der Waals surface area contributed by atoms with Crippen LogP contribution < -0.4 is 4.90 Å². The molecule has 34 heavy (non-hydrogen) atoms. The Labute approximate surface area is 205 Å². The average Bonchev–Trinajstić information content (AvgIpc) is 3.29. The monoisotopic (exact) mass is 492 g/mol. The summed E-state index contributed by atoms with van der Waals surface area (Å²) in [6.45, 7) is 4.43. The third kappa shape index (κ3) is 4.34. The summed E-state index contributed by atoms with van der Waals surface area (Å²) in [5, 5.41) is 12.2. The number of non-ortho nitro benzene ring substituents is 1. The molecule has 2 aromatic heterocycles. The first-order valence-electron chi connectivity index (χ1n) is 10.8. The Hall–Kier alpha value is -3.49. The number of nitro groups is 1. The van der Waals surface area contributed by atoms with E-state index in [1.165, 1.54) is 17.0 Å². The number of carbonyl (C=O) groups excluding carboxylic acids is 1. The largest absolute Gasteiger partial charge is 0.368 e. The van der Waals surface area contributed by atoms with Crippen molar-refractivity contribution in [2.75, 3.05) is 31.1 Å². The molecular formula is C25H21ClN4O3S. The third-order valence-corrected chi connectivity index (χ3v) is 7.24. The van der Waals surface area contributed by atoms with Crippen LogP contribution in [0.1, 0.15) is 15.2 Å². The molecule has 7 nitrogen and oxygen atoms in total. The highest BCUT2D eigenvalue weighted by Gasteiger charge is 2.25. The molecule has 2 aromatic carbocycles. The van der Waals surface area contributed by atoms with Crippen LogP contribution in [0.2, 0.25) is 5.02 Å². The van der Waals surface area contributed by atoms with E-state index in [9.17, 15) is 14.9 Å². The normalized spacial score (nSPS) is 13.9. The second-order valence-electron chi connectivity index (χ2n) is 8.18. The lowest BCUT2D eigenvalue weighted by Crippen LogP contribution is -2.48. The second kappa shape index (κ2) is 9.04. The molecule has 1 aliphatic heterocycles. The molecule has 0 bridgehead atoms. The molecule has 0 aliphatic carbocycles. The minimum absolute atomic E-state index is 0.0486. The Morgan fingerprint density at radius 2 is 1.76 bits per heavy atom. The van der Waals surface area contributed by atoms with Gasteiger partial charge in [-0.15, -0.1) is 11.3 Å². The third-order valence-electron chi connectivity index (χ3n) is 5.99. The number of rotatable bonds is 4. The zero-order valence-electron chi connectivity index (χ0n) is 18.4. The number of aromatic nitrogens is 1. The molecule has 5 rings (SSSR count). The highest BCUT2D eigenvalue weighted by Crippen LogP contribution is 2.32. The van der Waals surface area contributed by atoms with Gasteiger partial charge in [0.1, 0.15) is 0 Å². The summed E-state index contributed by atoms with van der Waals surface area (Å²) in [5.74, 6) is -0.0486. The summed E-state index contributed by atoms with van der Waals surface area (Å²) < 4.78 is 0. The lowest BCUT2D eigenvalue weighted by atomic mass is 10.0. The first kappa shape index (κ1) is 22.3. The van der Waals surface area contributed by atoms with Gasteiger partial charge < -0.3 is 9.80 Å². The lowest BCUT2D eigenvalue weighted by molar-refractivity contribution is -0.384. The van der Waals surface area contributed by atoms with Crippen molar-refractivity contribution in [3.63, 3.8) is 0 Å². The number of pyridine rings is 1. The number of halogens is 1. The van der Waals surface area contributed by atoms with Gasteiger partial charge in [-0.25, -0.2) is 4.98 Å². The van der Waals surface area contributed by atoms with Crippen LogP contribution in [0, 0.1) is 17.0 Å². The first-order valence-corrected chi connectivity index (χ1v) is 12.0. The van der Waals surface area contributed by atoms with E-state index in [-0.39, 0.29) is 11.6 Å². The molecule has 1 amide bonds. The number of hydrogen-bond donors (Lipinski definition) is 0. The predicted molar refractivity (Wildman–Crippen MR) is 136 cm³/mol. The maximum absolute atomic E-state index is 13.6. The molecule has 0 atom stereocenters. The zero-order chi connectivity index (χ0) is 23.8. The summed E-state index contributed by atoms with van der Waals surface area (Å²) in [4.78, 5) is 35.1. The molecule has 3 heterocycles. The molecule has 0 N–H and O–H groups in total. The fraction of sp³-hybridized carbons (Fsp3) is 0.200. The Morgan fingerprint density at radius 1 is 1.03 bits per heavy atom. The standard InChI is InChI=1S/C25H21ClN4O3S/c1-16-2-9-24(34-16)23-15-21(20-14-17(26)3-8-22(20)27-23)25(31)29-12-10-28(11-13-29)18-4-6-19(7-5-18)30(32)33/h2-9,14-15H,10-13H2,1H3. The summed E-state index contributed by atoms with van der Waals surface area (Å²) >= 11 is 7.91. The molecule has 4 aromatic rings. The maximum Gasteiger partial charge on any atom is 0.269 e. The number of amides is 1. The highest BCUT2D eigenvalue weighted by atomic mass is 35.5. The Bertz CT molecular complexity index is 1400.